The summed E-state index contributed by atoms with van der Waals surface area (Å²) >= 11 is 1.57. The normalized spacial score (nSPS) is 10.5. The molecule has 1 heterocycles. The molecule has 32 heavy (non-hydrogen) atoms. The van der Waals surface area contributed by atoms with Gasteiger partial charge in [0.1, 0.15) is 5.01 Å². The first-order chi connectivity index (χ1) is 15.6. The Kier molecular flexibility index (Phi) is 6.52. The Bertz CT molecular complexity index is 1240. The second kappa shape index (κ2) is 9.84. The number of aromatic nitrogens is 1. The molecule has 4 rings (SSSR count). The van der Waals surface area contributed by atoms with Gasteiger partial charge in [0.2, 0.25) is 0 Å². The molecule has 0 aliphatic rings. The van der Waals surface area contributed by atoms with Gasteiger partial charge in [-0.3, -0.25) is 14.9 Å². The predicted molar refractivity (Wildman–Crippen MR) is 123 cm³/mol. The van der Waals surface area contributed by atoms with Gasteiger partial charge in [-0.15, -0.1) is 11.3 Å². The standard InChI is InChI=1S/C24H19N3O4S/c28-23(15-31-22-12-5-4-11-21(22)27(29)30)25-14-17-7-6-10-19(13-17)24-26-20(16-32-24)18-8-2-1-3-9-18/h1-13,16H,14-15H2,(H,25,28). The maximum Gasteiger partial charge on any atom is 0.310 e. The molecule has 0 unspecified atom stereocenters. The van der Waals surface area contributed by atoms with Crippen molar-refractivity contribution in [3.63, 3.8) is 0 Å². The smallest absolute Gasteiger partial charge is 0.310 e. The number of ether oxygens (including phenoxy) is 1. The lowest BCUT2D eigenvalue weighted by Gasteiger charge is -2.08. The maximum atomic E-state index is 12.2. The first-order valence-corrected chi connectivity index (χ1v) is 10.7. The molecule has 1 amide bonds. The van der Waals surface area contributed by atoms with Crippen molar-refractivity contribution in [2.24, 2.45) is 0 Å². The van der Waals surface area contributed by atoms with Gasteiger partial charge in [-0.1, -0.05) is 60.7 Å². The summed E-state index contributed by atoms with van der Waals surface area (Å²) in [5.74, 6) is -0.304. The predicted octanol–water partition coefficient (Wildman–Crippen LogP) is 5.08. The topological polar surface area (TPSA) is 94.4 Å². The Labute approximate surface area is 188 Å². The van der Waals surface area contributed by atoms with Gasteiger partial charge in [-0.25, -0.2) is 4.98 Å². The van der Waals surface area contributed by atoms with E-state index in [2.05, 4.69) is 5.32 Å². The van der Waals surface area contributed by atoms with Crippen LogP contribution in [-0.2, 0) is 11.3 Å². The number of thiazole rings is 1. The minimum absolute atomic E-state index is 0.0626. The summed E-state index contributed by atoms with van der Waals surface area (Å²) in [4.78, 5) is 27.4. The van der Waals surface area contributed by atoms with E-state index in [0.29, 0.717) is 6.54 Å². The van der Waals surface area contributed by atoms with Gasteiger partial charge in [0, 0.05) is 29.1 Å². The second-order valence-corrected chi connectivity index (χ2v) is 7.75. The number of nitro benzene ring substituents is 1. The van der Waals surface area contributed by atoms with E-state index in [4.69, 9.17) is 9.72 Å². The highest BCUT2D eigenvalue weighted by Crippen LogP contribution is 2.29. The van der Waals surface area contributed by atoms with E-state index in [-0.39, 0.29) is 24.0 Å². The van der Waals surface area contributed by atoms with Crippen LogP contribution in [0.3, 0.4) is 0 Å². The minimum Gasteiger partial charge on any atom is -0.477 e. The molecule has 0 aliphatic carbocycles. The summed E-state index contributed by atoms with van der Waals surface area (Å²) in [6.45, 7) is 0.00128. The maximum absolute atomic E-state index is 12.2. The van der Waals surface area contributed by atoms with Crippen LogP contribution in [0.1, 0.15) is 5.56 Å². The van der Waals surface area contributed by atoms with Crippen LogP contribution in [0.15, 0.2) is 84.2 Å². The van der Waals surface area contributed by atoms with E-state index < -0.39 is 4.92 Å². The van der Waals surface area contributed by atoms with Crippen LogP contribution in [-0.4, -0.2) is 22.4 Å². The number of carbonyl (C=O) groups excluding carboxylic acids is 1. The number of hydrogen-bond acceptors (Lipinski definition) is 6. The molecule has 4 aromatic rings. The van der Waals surface area contributed by atoms with E-state index >= 15 is 0 Å². The van der Waals surface area contributed by atoms with Crippen LogP contribution in [0.25, 0.3) is 21.8 Å². The number of nitrogens with zero attached hydrogens (tertiary/aromatic N) is 2. The summed E-state index contributed by atoms with van der Waals surface area (Å²) in [6.07, 6.45) is 0. The number of hydrogen-bond donors (Lipinski definition) is 1. The Hall–Kier alpha value is -4.04. The van der Waals surface area contributed by atoms with Crippen LogP contribution < -0.4 is 10.1 Å². The number of carbonyl (C=O) groups is 1. The van der Waals surface area contributed by atoms with Crippen LogP contribution in [0.4, 0.5) is 5.69 Å². The zero-order valence-corrected chi connectivity index (χ0v) is 17.7. The van der Waals surface area contributed by atoms with Crippen molar-refractivity contribution in [1.82, 2.24) is 10.3 Å². The van der Waals surface area contributed by atoms with E-state index in [1.807, 2.05) is 60.0 Å². The molecule has 3 aromatic carbocycles. The lowest BCUT2D eigenvalue weighted by molar-refractivity contribution is -0.385. The quantitative estimate of drug-likeness (QED) is 0.301. The van der Waals surface area contributed by atoms with Crippen molar-refractivity contribution in [3.8, 4) is 27.6 Å². The highest BCUT2D eigenvalue weighted by molar-refractivity contribution is 7.13. The van der Waals surface area contributed by atoms with Crippen LogP contribution in [0.2, 0.25) is 0 Å². The fourth-order valence-electron chi connectivity index (χ4n) is 3.09. The molecular formula is C24H19N3O4S. The second-order valence-electron chi connectivity index (χ2n) is 6.89. The summed E-state index contributed by atoms with van der Waals surface area (Å²) in [5.41, 5.74) is 3.71. The van der Waals surface area contributed by atoms with Crippen LogP contribution in [0, 0.1) is 10.1 Å². The summed E-state index contributed by atoms with van der Waals surface area (Å²) < 4.78 is 5.32. The van der Waals surface area contributed by atoms with Crippen molar-refractivity contribution < 1.29 is 14.5 Å². The van der Waals surface area contributed by atoms with E-state index in [1.54, 1.807) is 23.5 Å². The third-order valence-electron chi connectivity index (χ3n) is 4.66. The minimum atomic E-state index is -0.541. The zero-order chi connectivity index (χ0) is 22.3. The van der Waals surface area contributed by atoms with Crippen molar-refractivity contribution in [2.45, 2.75) is 6.54 Å². The molecular weight excluding hydrogens is 426 g/mol. The number of rotatable bonds is 8. The highest BCUT2D eigenvalue weighted by Gasteiger charge is 2.15. The molecule has 160 valence electrons. The first-order valence-electron chi connectivity index (χ1n) is 9.83. The molecule has 0 spiro atoms. The van der Waals surface area contributed by atoms with Gasteiger partial charge in [0.15, 0.2) is 12.4 Å². The summed E-state index contributed by atoms with van der Waals surface area (Å²) in [7, 11) is 0. The zero-order valence-electron chi connectivity index (χ0n) is 16.9. The van der Waals surface area contributed by atoms with Gasteiger partial charge in [0.05, 0.1) is 10.6 Å². The highest BCUT2D eigenvalue weighted by atomic mass is 32.1. The van der Waals surface area contributed by atoms with Gasteiger partial charge in [-0.2, -0.15) is 0 Å². The third kappa shape index (κ3) is 5.16. The number of benzene rings is 3. The average Bonchev–Trinajstić information content (AvgIpc) is 3.33. The largest absolute Gasteiger partial charge is 0.477 e. The third-order valence-corrected chi connectivity index (χ3v) is 5.55. The SMILES string of the molecule is O=C(COc1ccccc1[N+](=O)[O-])NCc1cccc(-c2nc(-c3ccccc3)cs2)c1. The number of para-hydroxylation sites is 2. The molecule has 0 bridgehead atoms. The molecule has 0 saturated heterocycles. The number of amides is 1. The van der Waals surface area contributed by atoms with E-state index in [1.165, 1.54) is 12.1 Å². The first kappa shape index (κ1) is 21.2. The summed E-state index contributed by atoms with van der Waals surface area (Å²) in [6, 6.07) is 23.8. The van der Waals surface area contributed by atoms with Crippen molar-refractivity contribution in [3.05, 3.63) is 99.9 Å². The molecule has 0 aliphatic heterocycles. The molecule has 1 N–H and O–H groups in total. The Morgan fingerprint density at radius 3 is 2.56 bits per heavy atom. The van der Waals surface area contributed by atoms with E-state index in [9.17, 15) is 14.9 Å². The molecule has 0 radical (unpaired) electrons. The lowest BCUT2D eigenvalue weighted by atomic mass is 10.1. The summed E-state index contributed by atoms with van der Waals surface area (Å²) in [5, 5.41) is 16.7. The van der Waals surface area contributed by atoms with Gasteiger partial charge in [-0.05, 0) is 17.7 Å². The molecule has 8 heteroatoms. The Morgan fingerprint density at radius 1 is 1.00 bits per heavy atom. The molecule has 7 nitrogen and oxygen atoms in total. The van der Waals surface area contributed by atoms with E-state index in [0.717, 1.165) is 27.4 Å². The van der Waals surface area contributed by atoms with Gasteiger partial charge >= 0.3 is 5.69 Å². The van der Waals surface area contributed by atoms with Crippen molar-refractivity contribution in [1.29, 1.82) is 0 Å². The van der Waals surface area contributed by atoms with Crippen molar-refractivity contribution in [2.75, 3.05) is 6.61 Å². The number of nitro groups is 1. The molecule has 0 saturated carbocycles. The van der Waals surface area contributed by atoms with Crippen LogP contribution >= 0.6 is 11.3 Å². The lowest BCUT2D eigenvalue weighted by Crippen LogP contribution is -2.28. The fraction of sp³-hybridized carbons (Fsp3) is 0.0833. The Balaban J connectivity index is 1.36. The van der Waals surface area contributed by atoms with Gasteiger partial charge < -0.3 is 10.1 Å². The Morgan fingerprint density at radius 2 is 1.75 bits per heavy atom. The number of nitrogens with one attached hydrogen (secondary N) is 1. The molecule has 0 fully saturated rings. The average molecular weight is 446 g/mol. The van der Waals surface area contributed by atoms with Crippen LogP contribution in [0.5, 0.6) is 5.75 Å². The fourth-order valence-corrected chi connectivity index (χ4v) is 3.91. The molecule has 0 atom stereocenters. The van der Waals surface area contributed by atoms with Gasteiger partial charge in [0.25, 0.3) is 5.91 Å². The molecule has 1 aromatic heterocycles. The van der Waals surface area contributed by atoms with Crippen molar-refractivity contribution >= 4 is 22.9 Å². The monoisotopic (exact) mass is 445 g/mol.